The zero-order chi connectivity index (χ0) is 29.0. The van der Waals surface area contributed by atoms with Gasteiger partial charge in [-0.1, -0.05) is 48.2 Å². The number of rotatable bonds is 8. The fourth-order valence-corrected chi connectivity index (χ4v) is 5.52. The van der Waals surface area contributed by atoms with E-state index < -0.39 is 17.6 Å². The van der Waals surface area contributed by atoms with Crippen molar-refractivity contribution in [2.75, 3.05) is 24.3 Å². The Labute approximate surface area is 238 Å². The molecule has 41 heavy (non-hydrogen) atoms. The zero-order valence-corrected chi connectivity index (χ0v) is 22.8. The molecule has 2 amide bonds. The molecule has 5 rings (SSSR count). The summed E-state index contributed by atoms with van der Waals surface area (Å²) in [4.78, 5) is 27.8. The lowest BCUT2D eigenvalue weighted by Gasteiger charge is -2.29. The van der Waals surface area contributed by atoms with Crippen molar-refractivity contribution in [2.45, 2.75) is 30.7 Å². The third kappa shape index (κ3) is 6.22. The minimum Gasteiger partial charge on any atom is -0.496 e. The second-order valence-electron chi connectivity index (χ2n) is 9.23. The van der Waals surface area contributed by atoms with E-state index in [2.05, 4.69) is 15.5 Å². The van der Waals surface area contributed by atoms with Gasteiger partial charge >= 0.3 is 6.18 Å². The fraction of sp³-hybridized carbons (Fsp3) is 0.241. The maximum absolute atomic E-state index is 13.5. The van der Waals surface area contributed by atoms with Crippen LogP contribution in [0.5, 0.6) is 5.75 Å². The van der Waals surface area contributed by atoms with Crippen molar-refractivity contribution in [3.05, 3.63) is 95.3 Å². The summed E-state index contributed by atoms with van der Waals surface area (Å²) in [5.41, 5.74) is 1.57. The van der Waals surface area contributed by atoms with E-state index in [4.69, 9.17) is 4.74 Å². The van der Waals surface area contributed by atoms with Gasteiger partial charge in [-0.3, -0.25) is 14.2 Å². The summed E-state index contributed by atoms with van der Waals surface area (Å²) in [5.74, 6) is -0.0240. The number of anilines is 1. The highest BCUT2D eigenvalue weighted by Crippen LogP contribution is 2.32. The Bertz CT molecular complexity index is 1570. The van der Waals surface area contributed by atoms with Crippen LogP contribution in [-0.2, 0) is 23.9 Å². The number of para-hydroxylation sites is 2. The van der Waals surface area contributed by atoms with Crippen molar-refractivity contribution in [1.29, 1.82) is 0 Å². The summed E-state index contributed by atoms with van der Waals surface area (Å²) in [6.07, 6.45) is -2.84. The molecule has 0 radical (unpaired) electrons. The molecule has 0 saturated heterocycles. The minimum absolute atomic E-state index is 0.000990. The van der Waals surface area contributed by atoms with Gasteiger partial charge in [0.1, 0.15) is 5.75 Å². The molecule has 4 aromatic rings. The number of benzene rings is 3. The van der Waals surface area contributed by atoms with Gasteiger partial charge in [0.2, 0.25) is 5.91 Å². The number of alkyl halides is 3. The molecule has 0 spiro atoms. The Balaban J connectivity index is 1.41. The standard InChI is InChI=1S/C29H26F3N5O3S/c1-40-24-14-5-3-12-22(24)27(39)33-17-25-34-35-28(37(25)21-11-6-10-20(16-21)29(30,31)32)41-18-26(38)36-15-7-9-19-8-2-4-13-23(19)36/h2-6,8,10-14,16H,7,9,15,17-18H2,1H3,(H,33,39). The predicted molar refractivity (Wildman–Crippen MR) is 148 cm³/mol. The van der Waals surface area contributed by atoms with E-state index in [1.165, 1.54) is 23.8 Å². The molecule has 0 saturated carbocycles. The molecule has 0 unspecified atom stereocenters. The van der Waals surface area contributed by atoms with Crippen molar-refractivity contribution in [2.24, 2.45) is 0 Å². The number of methoxy groups -OCH3 is 1. The maximum atomic E-state index is 13.5. The number of hydrogen-bond acceptors (Lipinski definition) is 6. The van der Waals surface area contributed by atoms with Gasteiger partial charge in [0.05, 0.1) is 36.2 Å². The molecule has 0 fully saturated rings. The first kappa shape index (κ1) is 28.2. The van der Waals surface area contributed by atoms with Crippen LogP contribution in [0.2, 0.25) is 0 Å². The number of amides is 2. The van der Waals surface area contributed by atoms with Gasteiger partial charge in [-0.05, 0) is 54.8 Å². The molecule has 3 aromatic carbocycles. The third-order valence-electron chi connectivity index (χ3n) is 6.63. The monoisotopic (exact) mass is 581 g/mol. The molecule has 0 atom stereocenters. The van der Waals surface area contributed by atoms with Gasteiger partial charge in [-0.25, -0.2) is 0 Å². The number of nitrogens with zero attached hydrogens (tertiary/aromatic N) is 4. The first-order valence-corrected chi connectivity index (χ1v) is 13.8. The molecule has 12 heteroatoms. The Morgan fingerprint density at radius 2 is 1.80 bits per heavy atom. The van der Waals surface area contributed by atoms with Crippen LogP contribution in [-0.4, -0.2) is 46.0 Å². The molecule has 1 aliphatic heterocycles. The van der Waals surface area contributed by atoms with Crippen LogP contribution in [0.1, 0.15) is 33.7 Å². The lowest BCUT2D eigenvalue weighted by atomic mass is 10.0. The van der Waals surface area contributed by atoms with E-state index in [1.807, 2.05) is 24.3 Å². The van der Waals surface area contributed by atoms with Gasteiger partial charge in [-0.15, -0.1) is 10.2 Å². The Hall–Kier alpha value is -4.32. The number of aryl methyl sites for hydroxylation is 1. The molecule has 1 aliphatic rings. The number of halogens is 3. The van der Waals surface area contributed by atoms with Crippen molar-refractivity contribution in [1.82, 2.24) is 20.1 Å². The van der Waals surface area contributed by atoms with Gasteiger partial charge < -0.3 is 15.0 Å². The smallest absolute Gasteiger partial charge is 0.416 e. The van der Waals surface area contributed by atoms with Crippen LogP contribution in [0, 0.1) is 0 Å². The van der Waals surface area contributed by atoms with Crippen LogP contribution >= 0.6 is 11.8 Å². The molecular weight excluding hydrogens is 555 g/mol. The second-order valence-corrected chi connectivity index (χ2v) is 10.2. The number of ether oxygens (including phenoxy) is 1. The van der Waals surface area contributed by atoms with Crippen molar-refractivity contribution in [3.8, 4) is 11.4 Å². The summed E-state index contributed by atoms with van der Waals surface area (Å²) < 4.78 is 47.3. The number of thioether (sulfide) groups is 1. The minimum atomic E-state index is -4.56. The molecule has 212 valence electrons. The first-order chi connectivity index (χ1) is 19.8. The van der Waals surface area contributed by atoms with Gasteiger partial charge in [0, 0.05) is 12.2 Å². The highest BCUT2D eigenvalue weighted by molar-refractivity contribution is 7.99. The number of carbonyl (C=O) groups excluding carboxylic acids is 2. The van der Waals surface area contributed by atoms with E-state index in [0.717, 1.165) is 48.0 Å². The summed E-state index contributed by atoms with van der Waals surface area (Å²) in [6, 6.07) is 19.1. The Morgan fingerprint density at radius 3 is 2.61 bits per heavy atom. The molecule has 2 heterocycles. The van der Waals surface area contributed by atoms with Crippen molar-refractivity contribution < 1.29 is 27.5 Å². The average Bonchev–Trinajstić information content (AvgIpc) is 3.40. The van der Waals surface area contributed by atoms with Crippen LogP contribution < -0.4 is 15.0 Å². The maximum Gasteiger partial charge on any atom is 0.416 e. The van der Waals surface area contributed by atoms with E-state index in [0.29, 0.717) is 17.9 Å². The topological polar surface area (TPSA) is 89.3 Å². The van der Waals surface area contributed by atoms with E-state index in [-0.39, 0.29) is 34.9 Å². The van der Waals surface area contributed by atoms with Gasteiger partial charge in [0.15, 0.2) is 11.0 Å². The average molecular weight is 582 g/mol. The van der Waals surface area contributed by atoms with Crippen LogP contribution in [0.3, 0.4) is 0 Å². The zero-order valence-electron chi connectivity index (χ0n) is 22.0. The van der Waals surface area contributed by atoms with Crippen molar-refractivity contribution in [3.63, 3.8) is 0 Å². The molecule has 1 aromatic heterocycles. The van der Waals surface area contributed by atoms with Crippen LogP contribution in [0.25, 0.3) is 5.69 Å². The third-order valence-corrected chi connectivity index (χ3v) is 7.54. The van der Waals surface area contributed by atoms with E-state index in [1.54, 1.807) is 29.2 Å². The van der Waals surface area contributed by atoms with Crippen LogP contribution in [0.15, 0.2) is 78.0 Å². The second kappa shape index (κ2) is 12.0. The summed E-state index contributed by atoms with van der Waals surface area (Å²) in [7, 11) is 1.45. The highest BCUT2D eigenvalue weighted by Gasteiger charge is 2.31. The SMILES string of the molecule is COc1ccccc1C(=O)NCc1nnc(SCC(=O)N2CCCc3ccccc32)n1-c1cccc(C(F)(F)F)c1. The Morgan fingerprint density at radius 1 is 1.02 bits per heavy atom. The molecule has 0 aliphatic carbocycles. The lowest BCUT2D eigenvalue weighted by Crippen LogP contribution is -2.36. The van der Waals surface area contributed by atoms with E-state index >= 15 is 0 Å². The Kier molecular flexibility index (Phi) is 8.29. The van der Waals surface area contributed by atoms with Gasteiger partial charge in [-0.2, -0.15) is 13.2 Å². The van der Waals surface area contributed by atoms with Crippen LogP contribution in [0.4, 0.5) is 18.9 Å². The number of hydrogen-bond donors (Lipinski definition) is 1. The fourth-order valence-electron chi connectivity index (χ4n) is 4.67. The quantitative estimate of drug-likeness (QED) is 0.284. The summed E-state index contributed by atoms with van der Waals surface area (Å²) >= 11 is 1.07. The number of fused-ring (bicyclic) bond motifs is 1. The first-order valence-electron chi connectivity index (χ1n) is 12.8. The number of carbonyl (C=O) groups is 2. The molecule has 0 bridgehead atoms. The highest BCUT2D eigenvalue weighted by atomic mass is 32.2. The normalized spacial score (nSPS) is 13.0. The molecular formula is C29H26F3N5O3S. The predicted octanol–water partition coefficient (Wildman–Crippen LogP) is 5.30. The summed E-state index contributed by atoms with van der Waals surface area (Å²) in [6.45, 7) is 0.449. The number of aromatic nitrogens is 3. The summed E-state index contributed by atoms with van der Waals surface area (Å²) in [5, 5.41) is 11.3. The largest absolute Gasteiger partial charge is 0.496 e. The van der Waals surface area contributed by atoms with Gasteiger partial charge in [0.25, 0.3) is 5.91 Å². The lowest BCUT2D eigenvalue weighted by molar-refractivity contribution is -0.137. The van der Waals surface area contributed by atoms with Crippen molar-refractivity contribution >= 4 is 29.3 Å². The van der Waals surface area contributed by atoms with E-state index in [9.17, 15) is 22.8 Å². The molecule has 1 N–H and O–H groups in total. The number of nitrogens with one attached hydrogen (secondary N) is 1. The molecule has 8 nitrogen and oxygen atoms in total.